The molecule has 0 amide bonds. The fourth-order valence-corrected chi connectivity index (χ4v) is 3.28. The molecule has 1 aromatic carbocycles. The summed E-state index contributed by atoms with van der Waals surface area (Å²) in [5, 5.41) is 14.8. The monoisotopic (exact) mass is 395 g/mol. The summed E-state index contributed by atoms with van der Waals surface area (Å²) in [6, 6.07) is 7.56. The molecule has 3 heterocycles. The molecule has 0 fully saturated rings. The minimum atomic E-state index is -1.44. The van der Waals surface area contributed by atoms with E-state index in [1.54, 1.807) is 19.9 Å². The summed E-state index contributed by atoms with van der Waals surface area (Å²) in [4.78, 5) is 10.2. The molecule has 0 radical (unpaired) electrons. The quantitative estimate of drug-likeness (QED) is 0.643. The minimum absolute atomic E-state index is 0.169. The smallest absolute Gasteiger partial charge is 0.222 e. The van der Waals surface area contributed by atoms with Gasteiger partial charge in [0, 0.05) is 23.9 Å². The van der Waals surface area contributed by atoms with E-state index in [0.717, 1.165) is 29.8 Å². The van der Waals surface area contributed by atoms with Crippen molar-refractivity contribution in [3.8, 4) is 11.8 Å². The molecule has 28 heavy (non-hydrogen) atoms. The molecule has 0 saturated carbocycles. The number of nitrogens with two attached hydrogens (primary N) is 1. The van der Waals surface area contributed by atoms with Crippen molar-refractivity contribution in [2.24, 2.45) is 0 Å². The number of rotatable bonds is 2. The number of anilines is 3. The first-order valence-electron chi connectivity index (χ1n) is 8.71. The molecule has 0 unspecified atom stereocenters. The predicted octanol–water partition coefficient (Wildman–Crippen LogP) is 2.96. The molecule has 2 aromatic heterocycles. The lowest BCUT2D eigenvalue weighted by Crippen LogP contribution is -2.17. The number of aryl methyl sites for hydroxylation is 1. The number of nitrogens with zero attached hydrogens (tertiary/aromatic N) is 4. The summed E-state index contributed by atoms with van der Waals surface area (Å²) in [5.74, 6) is 6.92. The lowest BCUT2D eigenvalue weighted by atomic mass is 10.0. The Hall–Kier alpha value is -3.08. The highest BCUT2D eigenvalue weighted by Crippen LogP contribution is 2.37. The van der Waals surface area contributed by atoms with Gasteiger partial charge in [-0.15, -0.1) is 0 Å². The summed E-state index contributed by atoms with van der Waals surface area (Å²) >= 11 is 6.27. The normalized spacial score (nSPS) is 14.9. The number of fused-ring (bicyclic) bond motifs is 1. The van der Waals surface area contributed by atoms with E-state index in [4.69, 9.17) is 21.9 Å². The Kier molecular flexibility index (Phi) is 4.46. The maximum atomic E-state index is 10.6. The van der Waals surface area contributed by atoms with Gasteiger partial charge in [0.2, 0.25) is 5.95 Å². The maximum absolute atomic E-state index is 10.6. The van der Waals surface area contributed by atoms with Gasteiger partial charge < -0.3 is 20.3 Å². The summed E-state index contributed by atoms with van der Waals surface area (Å²) in [7, 11) is 0. The molecular weight excluding hydrogens is 378 g/mol. The number of aliphatic hydroxyl groups is 1. The molecule has 1 aliphatic rings. The number of nitrogen functional groups attached to an aromatic ring is 1. The van der Waals surface area contributed by atoms with Gasteiger partial charge in [0.1, 0.15) is 5.02 Å². The highest BCUT2D eigenvalue weighted by molar-refractivity contribution is 6.33. The average Bonchev–Trinajstić information content (AvgIpc) is 3.28. The summed E-state index contributed by atoms with van der Waals surface area (Å²) in [5.41, 5.74) is 7.85. The molecule has 1 aliphatic heterocycles. The van der Waals surface area contributed by atoms with Crippen molar-refractivity contribution in [2.75, 3.05) is 17.2 Å². The SMILES string of the molecule is Cc1cc([C@@](C)(O)C#Cc2ccc3c(c2)N(c2nc(N)ncc2Cl)CC3)on1. The topological polar surface area (TPSA) is 101 Å². The fourth-order valence-electron chi connectivity index (χ4n) is 3.09. The van der Waals surface area contributed by atoms with Crippen molar-refractivity contribution in [1.29, 1.82) is 0 Å². The van der Waals surface area contributed by atoms with Crippen LogP contribution in [0.3, 0.4) is 0 Å². The first-order valence-corrected chi connectivity index (χ1v) is 9.09. The zero-order valence-electron chi connectivity index (χ0n) is 15.4. The van der Waals surface area contributed by atoms with Crippen molar-refractivity contribution in [2.45, 2.75) is 25.9 Å². The summed E-state index contributed by atoms with van der Waals surface area (Å²) in [6.45, 7) is 4.09. The van der Waals surface area contributed by atoms with Crippen molar-refractivity contribution in [3.63, 3.8) is 0 Å². The van der Waals surface area contributed by atoms with Crippen molar-refractivity contribution in [3.05, 3.63) is 58.1 Å². The van der Waals surface area contributed by atoms with Crippen molar-refractivity contribution >= 4 is 29.1 Å². The summed E-state index contributed by atoms with van der Waals surface area (Å²) in [6.07, 6.45) is 2.36. The third kappa shape index (κ3) is 3.40. The fraction of sp³-hybridized carbons (Fsp3) is 0.250. The van der Waals surface area contributed by atoms with Gasteiger partial charge in [0.25, 0.3) is 0 Å². The molecule has 0 aliphatic carbocycles. The Labute approximate surface area is 167 Å². The van der Waals surface area contributed by atoms with Crippen LogP contribution in [0.25, 0.3) is 0 Å². The van der Waals surface area contributed by atoms with E-state index in [9.17, 15) is 5.11 Å². The Morgan fingerprint density at radius 1 is 1.36 bits per heavy atom. The van der Waals surface area contributed by atoms with E-state index in [1.807, 2.05) is 23.1 Å². The highest BCUT2D eigenvalue weighted by Gasteiger charge is 2.26. The molecule has 0 saturated heterocycles. The van der Waals surface area contributed by atoms with E-state index in [2.05, 4.69) is 27.0 Å². The Bertz CT molecular complexity index is 1110. The molecule has 0 spiro atoms. The number of aromatic nitrogens is 3. The largest absolute Gasteiger partial charge is 0.371 e. The van der Waals surface area contributed by atoms with Gasteiger partial charge in [-0.2, -0.15) is 4.98 Å². The lowest BCUT2D eigenvalue weighted by Gasteiger charge is -2.19. The highest BCUT2D eigenvalue weighted by atomic mass is 35.5. The van der Waals surface area contributed by atoms with Crippen LogP contribution >= 0.6 is 11.6 Å². The van der Waals surface area contributed by atoms with E-state index in [-0.39, 0.29) is 5.95 Å². The second kappa shape index (κ2) is 6.82. The number of halogens is 1. The molecule has 7 nitrogen and oxygen atoms in total. The predicted molar refractivity (Wildman–Crippen MR) is 106 cm³/mol. The van der Waals surface area contributed by atoms with Crippen LogP contribution in [0.5, 0.6) is 0 Å². The molecule has 142 valence electrons. The zero-order valence-corrected chi connectivity index (χ0v) is 16.2. The van der Waals surface area contributed by atoms with Gasteiger partial charge >= 0.3 is 0 Å². The van der Waals surface area contributed by atoms with Crippen LogP contribution in [-0.4, -0.2) is 26.8 Å². The second-order valence-electron chi connectivity index (χ2n) is 6.80. The molecule has 3 aromatic rings. The van der Waals surface area contributed by atoms with Gasteiger partial charge in [-0.05, 0) is 38.0 Å². The molecule has 8 heteroatoms. The zero-order chi connectivity index (χ0) is 19.9. The van der Waals surface area contributed by atoms with Crippen LogP contribution in [0.4, 0.5) is 17.5 Å². The first kappa shape index (κ1) is 18.3. The minimum Gasteiger partial charge on any atom is -0.371 e. The summed E-state index contributed by atoms with van der Waals surface area (Å²) < 4.78 is 5.14. The molecule has 0 bridgehead atoms. The standard InChI is InChI=1S/C20H18ClN5O2/c1-12-9-17(28-25-12)20(2,27)7-5-13-3-4-14-6-8-26(16(14)10-13)18-15(21)11-23-19(22)24-18/h3-4,9-11,27H,6,8H2,1-2H3,(H2,22,23,24)/t20-/m0/s1. The Balaban J connectivity index is 1.67. The maximum Gasteiger partial charge on any atom is 0.222 e. The lowest BCUT2D eigenvalue weighted by molar-refractivity contribution is 0.0872. The first-order chi connectivity index (χ1) is 13.3. The van der Waals surface area contributed by atoms with Crippen molar-refractivity contribution < 1.29 is 9.63 Å². The van der Waals surface area contributed by atoms with Gasteiger partial charge in [-0.1, -0.05) is 34.7 Å². The molecule has 3 N–H and O–H groups in total. The van der Waals surface area contributed by atoms with Crippen molar-refractivity contribution in [1.82, 2.24) is 15.1 Å². The van der Waals surface area contributed by atoms with Crippen LogP contribution in [-0.2, 0) is 12.0 Å². The molecule has 4 rings (SSSR count). The molecular formula is C20H18ClN5O2. The van der Waals surface area contributed by atoms with E-state index in [0.29, 0.717) is 22.3 Å². The third-order valence-electron chi connectivity index (χ3n) is 4.54. The third-order valence-corrected chi connectivity index (χ3v) is 4.81. The Morgan fingerprint density at radius 2 is 2.18 bits per heavy atom. The Morgan fingerprint density at radius 3 is 2.93 bits per heavy atom. The van der Waals surface area contributed by atoms with E-state index < -0.39 is 5.60 Å². The van der Waals surface area contributed by atoms with Crippen LogP contribution in [0, 0.1) is 18.8 Å². The van der Waals surface area contributed by atoms with Crippen LogP contribution in [0.2, 0.25) is 5.02 Å². The average molecular weight is 396 g/mol. The second-order valence-corrected chi connectivity index (χ2v) is 7.21. The van der Waals surface area contributed by atoms with Crippen LogP contribution in [0.1, 0.15) is 29.5 Å². The van der Waals surface area contributed by atoms with E-state index >= 15 is 0 Å². The molecule has 1 atom stereocenters. The van der Waals surface area contributed by atoms with Gasteiger partial charge in [0.05, 0.1) is 11.9 Å². The van der Waals surface area contributed by atoms with E-state index in [1.165, 1.54) is 6.20 Å². The number of hydrogen-bond donors (Lipinski definition) is 2. The van der Waals surface area contributed by atoms with Gasteiger partial charge in [-0.25, -0.2) is 4.98 Å². The number of benzene rings is 1. The van der Waals surface area contributed by atoms with Crippen LogP contribution < -0.4 is 10.6 Å². The number of hydrogen-bond acceptors (Lipinski definition) is 7. The van der Waals surface area contributed by atoms with Gasteiger partial charge in [-0.3, -0.25) is 0 Å². The van der Waals surface area contributed by atoms with Crippen LogP contribution in [0.15, 0.2) is 35.0 Å². The van der Waals surface area contributed by atoms with Gasteiger partial charge in [0.15, 0.2) is 17.2 Å².